The maximum absolute atomic E-state index is 12.9. The average Bonchev–Trinajstić information content (AvgIpc) is 2.90. The van der Waals surface area contributed by atoms with Crippen molar-refractivity contribution < 1.29 is 23.9 Å². The number of amides is 3. The third-order valence-corrected chi connectivity index (χ3v) is 4.60. The Morgan fingerprint density at radius 1 is 1.15 bits per heavy atom. The van der Waals surface area contributed by atoms with Crippen LogP contribution >= 0.6 is 0 Å². The summed E-state index contributed by atoms with van der Waals surface area (Å²) in [5, 5.41) is 0. The monoisotopic (exact) mass is 361 g/mol. The van der Waals surface area contributed by atoms with Crippen LogP contribution in [0.4, 0.5) is 10.5 Å². The van der Waals surface area contributed by atoms with Crippen molar-refractivity contribution in [1.29, 1.82) is 0 Å². The van der Waals surface area contributed by atoms with Gasteiger partial charge in [-0.25, -0.2) is 4.79 Å². The summed E-state index contributed by atoms with van der Waals surface area (Å²) in [6.45, 7) is 4.13. The van der Waals surface area contributed by atoms with E-state index < -0.39 is 0 Å². The lowest BCUT2D eigenvalue weighted by atomic mass is 10.1. The highest BCUT2D eigenvalue weighted by molar-refractivity contribution is 6.01. The van der Waals surface area contributed by atoms with Crippen LogP contribution in [0.1, 0.15) is 23.7 Å². The Morgan fingerprint density at radius 2 is 1.88 bits per heavy atom. The number of hydrogen-bond donors (Lipinski definition) is 0. The molecule has 0 bridgehead atoms. The van der Waals surface area contributed by atoms with E-state index in [0.29, 0.717) is 56.2 Å². The van der Waals surface area contributed by atoms with E-state index in [1.165, 1.54) is 4.90 Å². The smallest absolute Gasteiger partial charge is 0.409 e. The molecular formula is C18H23N3O5. The normalized spacial score (nSPS) is 17.3. The standard InChI is InChI=1S/C18H23N3O5/c1-3-25-18(24)21-8-4-7-20(9-10-21)17(23)13-5-6-15-14(11-13)19(2)16(22)12-26-15/h5-6,11H,3-4,7-10,12H2,1-2H3. The van der Waals surface area contributed by atoms with Crippen LogP contribution in [0.2, 0.25) is 0 Å². The van der Waals surface area contributed by atoms with Gasteiger partial charge < -0.3 is 24.2 Å². The Morgan fingerprint density at radius 3 is 2.65 bits per heavy atom. The molecule has 0 atom stereocenters. The second-order valence-electron chi connectivity index (χ2n) is 6.26. The topological polar surface area (TPSA) is 79.4 Å². The summed E-state index contributed by atoms with van der Waals surface area (Å²) in [4.78, 5) is 41.4. The quantitative estimate of drug-likeness (QED) is 0.794. The number of rotatable bonds is 2. The number of benzene rings is 1. The predicted molar refractivity (Wildman–Crippen MR) is 94.5 cm³/mol. The summed E-state index contributed by atoms with van der Waals surface area (Å²) in [6, 6.07) is 5.11. The lowest BCUT2D eigenvalue weighted by molar-refractivity contribution is -0.120. The van der Waals surface area contributed by atoms with Crippen molar-refractivity contribution in [2.75, 3.05) is 51.3 Å². The maximum Gasteiger partial charge on any atom is 0.409 e. The van der Waals surface area contributed by atoms with Gasteiger partial charge >= 0.3 is 6.09 Å². The van der Waals surface area contributed by atoms with Crippen molar-refractivity contribution in [1.82, 2.24) is 9.80 Å². The van der Waals surface area contributed by atoms with Gasteiger partial charge in [0, 0.05) is 38.8 Å². The second kappa shape index (κ2) is 7.63. The van der Waals surface area contributed by atoms with Gasteiger partial charge in [0.05, 0.1) is 12.3 Å². The fraction of sp³-hybridized carbons (Fsp3) is 0.500. The molecular weight excluding hydrogens is 338 g/mol. The number of hydrogen-bond acceptors (Lipinski definition) is 5. The summed E-state index contributed by atoms with van der Waals surface area (Å²) >= 11 is 0. The van der Waals surface area contributed by atoms with Crippen molar-refractivity contribution in [3.63, 3.8) is 0 Å². The lowest BCUT2D eigenvalue weighted by Gasteiger charge is -2.27. The Hall–Kier alpha value is -2.77. The molecule has 0 aliphatic carbocycles. The molecule has 1 saturated heterocycles. The van der Waals surface area contributed by atoms with Gasteiger partial charge in [-0.05, 0) is 31.5 Å². The minimum Gasteiger partial charge on any atom is -0.482 e. The van der Waals surface area contributed by atoms with Gasteiger partial charge in [-0.15, -0.1) is 0 Å². The Bertz CT molecular complexity index is 721. The number of carbonyl (C=O) groups is 3. The van der Waals surface area contributed by atoms with E-state index in [1.807, 2.05) is 0 Å². The fourth-order valence-electron chi connectivity index (χ4n) is 3.11. The lowest BCUT2D eigenvalue weighted by Crippen LogP contribution is -2.38. The molecule has 0 unspecified atom stereocenters. The number of carbonyl (C=O) groups excluding carboxylic acids is 3. The van der Waals surface area contributed by atoms with Crippen LogP contribution in [0.15, 0.2) is 18.2 Å². The zero-order chi connectivity index (χ0) is 18.7. The molecule has 0 spiro atoms. The van der Waals surface area contributed by atoms with E-state index in [9.17, 15) is 14.4 Å². The van der Waals surface area contributed by atoms with Gasteiger partial charge in [-0.1, -0.05) is 0 Å². The number of nitrogens with zero attached hydrogens (tertiary/aromatic N) is 3. The minimum absolute atomic E-state index is 0.00656. The predicted octanol–water partition coefficient (Wildman–Crippen LogP) is 1.35. The molecule has 140 valence electrons. The average molecular weight is 361 g/mol. The molecule has 0 N–H and O–H groups in total. The molecule has 8 nitrogen and oxygen atoms in total. The molecule has 2 heterocycles. The Labute approximate surface area is 152 Å². The second-order valence-corrected chi connectivity index (χ2v) is 6.26. The van der Waals surface area contributed by atoms with Crippen LogP contribution in [0, 0.1) is 0 Å². The van der Waals surface area contributed by atoms with E-state index in [0.717, 1.165) is 0 Å². The molecule has 26 heavy (non-hydrogen) atoms. The Balaban J connectivity index is 1.72. The molecule has 3 amide bonds. The largest absolute Gasteiger partial charge is 0.482 e. The summed E-state index contributed by atoms with van der Waals surface area (Å²) in [5.74, 6) is 0.319. The molecule has 1 aromatic rings. The van der Waals surface area contributed by atoms with Crippen LogP contribution in [0.5, 0.6) is 5.75 Å². The molecule has 8 heteroatoms. The van der Waals surface area contributed by atoms with E-state index in [4.69, 9.17) is 9.47 Å². The zero-order valence-electron chi connectivity index (χ0n) is 15.1. The first-order chi connectivity index (χ1) is 12.5. The molecule has 2 aliphatic heterocycles. The molecule has 0 aromatic heterocycles. The van der Waals surface area contributed by atoms with Crippen LogP contribution in [-0.4, -0.2) is 74.1 Å². The number of ether oxygens (including phenoxy) is 2. The van der Waals surface area contributed by atoms with E-state index in [1.54, 1.807) is 42.0 Å². The third kappa shape index (κ3) is 3.58. The van der Waals surface area contributed by atoms with Crippen molar-refractivity contribution in [2.24, 2.45) is 0 Å². The summed E-state index contributed by atoms with van der Waals surface area (Å²) in [7, 11) is 1.67. The van der Waals surface area contributed by atoms with E-state index in [-0.39, 0.29) is 24.5 Å². The van der Waals surface area contributed by atoms with Crippen LogP contribution < -0.4 is 9.64 Å². The molecule has 1 aromatic carbocycles. The van der Waals surface area contributed by atoms with Gasteiger partial charge in [0.25, 0.3) is 11.8 Å². The molecule has 0 saturated carbocycles. The fourth-order valence-corrected chi connectivity index (χ4v) is 3.11. The summed E-state index contributed by atoms with van der Waals surface area (Å²) in [5.41, 5.74) is 1.09. The minimum atomic E-state index is -0.340. The third-order valence-electron chi connectivity index (χ3n) is 4.60. The zero-order valence-corrected chi connectivity index (χ0v) is 15.1. The number of likely N-dealkylation sites (N-methyl/N-ethyl adjacent to an activating group) is 1. The first kappa shape index (κ1) is 18.0. The summed E-state index contributed by atoms with van der Waals surface area (Å²) in [6.07, 6.45) is 0.352. The van der Waals surface area contributed by atoms with Crippen LogP contribution in [0.3, 0.4) is 0 Å². The van der Waals surface area contributed by atoms with E-state index >= 15 is 0 Å². The van der Waals surface area contributed by atoms with Crippen molar-refractivity contribution >= 4 is 23.6 Å². The highest BCUT2D eigenvalue weighted by atomic mass is 16.6. The van der Waals surface area contributed by atoms with Crippen molar-refractivity contribution in [3.05, 3.63) is 23.8 Å². The highest BCUT2D eigenvalue weighted by Gasteiger charge is 2.26. The molecule has 3 rings (SSSR count). The molecule has 2 aliphatic rings. The van der Waals surface area contributed by atoms with Gasteiger partial charge in [-0.2, -0.15) is 0 Å². The number of fused-ring (bicyclic) bond motifs is 1. The van der Waals surface area contributed by atoms with Crippen LogP contribution in [0.25, 0.3) is 0 Å². The molecule has 1 fully saturated rings. The van der Waals surface area contributed by atoms with Gasteiger partial charge in [0.2, 0.25) is 0 Å². The van der Waals surface area contributed by atoms with Crippen molar-refractivity contribution in [3.8, 4) is 5.75 Å². The van der Waals surface area contributed by atoms with E-state index in [2.05, 4.69) is 0 Å². The SMILES string of the molecule is CCOC(=O)N1CCCN(C(=O)c2ccc3c(c2)N(C)C(=O)CO3)CC1. The summed E-state index contributed by atoms with van der Waals surface area (Å²) < 4.78 is 10.4. The first-order valence-electron chi connectivity index (χ1n) is 8.75. The Kier molecular flexibility index (Phi) is 5.29. The first-order valence-corrected chi connectivity index (χ1v) is 8.75. The highest BCUT2D eigenvalue weighted by Crippen LogP contribution is 2.32. The van der Waals surface area contributed by atoms with Gasteiger partial charge in [0.15, 0.2) is 6.61 Å². The van der Waals surface area contributed by atoms with Crippen molar-refractivity contribution in [2.45, 2.75) is 13.3 Å². The maximum atomic E-state index is 12.9. The van der Waals surface area contributed by atoms with Gasteiger partial charge in [-0.3, -0.25) is 9.59 Å². The van der Waals surface area contributed by atoms with Crippen LogP contribution in [-0.2, 0) is 9.53 Å². The number of anilines is 1. The molecule has 0 radical (unpaired) electrons. The van der Waals surface area contributed by atoms with Gasteiger partial charge in [0.1, 0.15) is 5.75 Å².